The van der Waals surface area contributed by atoms with Gasteiger partial charge in [0, 0.05) is 5.02 Å². The number of carboxylic acid groups (broad SMARTS) is 1. The molecule has 3 nitrogen and oxygen atoms in total. The van der Waals surface area contributed by atoms with E-state index in [2.05, 4.69) is 0 Å². The third kappa shape index (κ3) is 3.00. The highest BCUT2D eigenvalue weighted by Crippen LogP contribution is 2.29. The number of carboxylic acids is 1. The van der Waals surface area contributed by atoms with Gasteiger partial charge in [0.15, 0.2) is 17.4 Å². The number of rotatable bonds is 3. The summed E-state index contributed by atoms with van der Waals surface area (Å²) in [4.78, 5) is 10.6. The molecule has 0 atom stereocenters. The van der Waals surface area contributed by atoms with Gasteiger partial charge < -0.3 is 9.84 Å². The molecule has 0 aliphatic carbocycles. The summed E-state index contributed by atoms with van der Waals surface area (Å²) >= 11 is 5.66. The number of hydrogen-bond acceptors (Lipinski definition) is 2. The second-order valence-corrected chi connectivity index (χ2v) is 4.07. The minimum absolute atomic E-state index is 0.185. The van der Waals surface area contributed by atoms with Gasteiger partial charge in [-0.1, -0.05) is 11.6 Å². The quantitative estimate of drug-likeness (QED) is 0.922. The summed E-state index contributed by atoms with van der Waals surface area (Å²) in [6.07, 6.45) is 0. The van der Waals surface area contributed by atoms with Crippen molar-refractivity contribution in [3.05, 3.63) is 58.6 Å². The summed E-state index contributed by atoms with van der Waals surface area (Å²) in [5.74, 6) is -4.08. The van der Waals surface area contributed by atoms with Crippen molar-refractivity contribution < 1.29 is 23.4 Å². The molecule has 0 spiro atoms. The van der Waals surface area contributed by atoms with Crippen molar-refractivity contribution in [2.45, 2.75) is 0 Å². The molecule has 0 radical (unpaired) electrons. The number of aromatic carboxylic acids is 1. The monoisotopic (exact) mass is 284 g/mol. The molecule has 0 unspecified atom stereocenters. The van der Waals surface area contributed by atoms with Crippen molar-refractivity contribution in [2.24, 2.45) is 0 Å². The van der Waals surface area contributed by atoms with E-state index in [1.54, 1.807) is 0 Å². The molecule has 0 aliphatic rings. The molecule has 0 aliphatic heterocycles. The number of ether oxygens (including phenoxy) is 1. The first-order valence-corrected chi connectivity index (χ1v) is 5.51. The maximum atomic E-state index is 13.6. The molecule has 2 aromatic rings. The van der Waals surface area contributed by atoms with Crippen LogP contribution in [0.25, 0.3) is 0 Å². The number of benzene rings is 2. The normalized spacial score (nSPS) is 10.3. The highest BCUT2D eigenvalue weighted by molar-refractivity contribution is 6.30. The predicted molar refractivity (Wildman–Crippen MR) is 64.8 cm³/mol. The van der Waals surface area contributed by atoms with E-state index >= 15 is 0 Å². The molecule has 0 fully saturated rings. The molecule has 19 heavy (non-hydrogen) atoms. The summed E-state index contributed by atoms with van der Waals surface area (Å²) in [6, 6.07) is 7.25. The molecule has 2 aromatic carbocycles. The Labute approximate surface area is 112 Å². The van der Waals surface area contributed by atoms with Crippen LogP contribution in [0.5, 0.6) is 11.5 Å². The standard InChI is InChI=1S/C13H7ClF2O3/c14-8-1-3-9(4-2-8)19-12-10(15)5-7(13(17)18)6-11(12)16/h1-6H,(H,17,18). The van der Waals surface area contributed by atoms with Crippen molar-refractivity contribution in [3.8, 4) is 11.5 Å². The fourth-order valence-corrected chi connectivity index (χ4v) is 1.53. The van der Waals surface area contributed by atoms with Crippen LogP contribution in [0.2, 0.25) is 5.02 Å². The summed E-state index contributed by atoms with van der Waals surface area (Å²) in [5.41, 5.74) is -0.488. The van der Waals surface area contributed by atoms with Gasteiger partial charge in [-0.3, -0.25) is 0 Å². The summed E-state index contributed by atoms with van der Waals surface area (Å²) < 4.78 is 32.2. The van der Waals surface area contributed by atoms with E-state index in [-0.39, 0.29) is 5.75 Å². The average molecular weight is 285 g/mol. The average Bonchev–Trinajstić information content (AvgIpc) is 2.35. The van der Waals surface area contributed by atoms with Gasteiger partial charge in [0.2, 0.25) is 0 Å². The molecule has 0 bridgehead atoms. The van der Waals surface area contributed by atoms with Crippen LogP contribution in [0, 0.1) is 11.6 Å². The third-order valence-electron chi connectivity index (χ3n) is 2.28. The number of hydrogen-bond donors (Lipinski definition) is 1. The molecule has 0 saturated heterocycles. The van der Waals surface area contributed by atoms with Crippen LogP contribution >= 0.6 is 11.6 Å². The fourth-order valence-electron chi connectivity index (χ4n) is 1.40. The highest BCUT2D eigenvalue weighted by atomic mass is 35.5. The van der Waals surface area contributed by atoms with Gasteiger partial charge in [0.1, 0.15) is 5.75 Å². The van der Waals surface area contributed by atoms with Crippen molar-refractivity contribution in [1.29, 1.82) is 0 Å². The first kappa shape index (κ1) is 13.3. The van der Waals surface area contributed by atoms with Crippen LogP contribution in [0.3, 0.4) is 0 Å². The van der Waals surface area contributed by atoms with Crippen LogP contribution in [-0.2, 0) is 0 Å². The molecule has 0 saturated carbocycles. The van der Waals surface area contributed by atoms with Gasteiger partial charge in [-0.15, -0.1) is 0 Å². The largest absolute Gasteiger partial charge is 0.478 e. The third-order valence-corrected chi connectivity index (χ3v) is 2.53. The lowest BCUT2D eigenvalue weighted by molar-refractivity contribution is 0.0695. The van der Waals surface area contributed by atoms with E-state index in [0.29, 0.717) is 17.2 Å². The van der Waals surface area contributed by atoms with Gasteiger partial charge in [-0.05, 0) is 36.4 Å². The van der Waals surface area contributed by atoms with Crippen LogP contribution < -0.4 is 4.74 Å². The number of carbonyl (C=O) groups is 1. The molecule has 98 valence electrons. The van der Waals surface area contributed by atoms with Crippen molar-refractivity contribution >= 4 is 17.6 Å². The Balaban J connectivity index is 2.35. The van der Waals surface area contributed by atoms with Gasteiger partial charge in [-0.25, -0.2) is 13.6 Å². The fraction of sp³-hybridized carbons (Fsp3) is 0. The molecular formula is C13H7ClF2O3. The van der Waals surface area contributed by atoms with Crippen LogP contribution in [0.4, 0.5) is 8.78 Å². The minimum Gasteiger partial charge on any atom is -0.478 e. The molecule has 1 N–H and O–H groups in total. The second-order valence-electron chi connectivity index (χ2n) is 3.63. The van der Waals surface area contributed by atoms with Gasteiger partial charge in [0.05, 0.1) is 5.56 Å². The molecule has 0 aromatic heterocycles. The molecular weight excluding hydrogens is 278 g/mol. The van der Waals surface area contributed by atoms with Gasteiger partial charge >= 0.3 is 5.97 Å². The topological polar surface area (TPSA) is 46.5 Å². The van der Waals surface area contributed by atoms with Gasteiger partial charge in [-0.2, -0.15) is 0 Å². The Hall–Kier alpha value is -2.14. The first-order valence-electron chi connectivity index (χ1n) is 5.13. The predicted octanol–water partition coefficient (Wildman–Crippen LogP) is 4.11. The summed E-state index contributed by atoms with van der Waals surface area (Å²) in [5, 5.41) is 9.11. The zero-order valence-corrected chi connectivity index (χ0v) is 10.1. The lowest BCUT2D eigenvalue weighted by Gasteiger charge is -2.08. The van der Waals surface area contributed by atoms with Crippen LogP contribution in [0.1, 0.15) is 10.4 Å². The Bertz CT molecular complexity index is 603. The van der Waals surface area contributed by atoms with E-state index in [9.17, 15) is 13.6 Å². The van der Waals surface area contributed by atoms with E-state index < -0.39 is 28.9 Å². The molecule has 0 amide bonds. The molecule has 2 rings (SSSR count). The zero-order chi connectivity index (χ0) is 14.0. The van der Waals surface area contributed by atoms with Crippen LogP contribution in [0.15, 0.2) is 36.4 Å². The Morgan fingerprint density at radius 3 is 2.11 bits per heavy atom. The van der Waals surface area contributed by atoms with E-state index in [1.807, 2.05) is 0 Å². The smallest absolute Gasteiger partial charge is 0.335 e. The lowest BCUT2D eigenvalue weighted by Crippen LogP contribution is -2.01. The second kappa shape index (κ2) is 5.24. The van der Waals surface area contributed by atoms with E-state index in [4.69, 9.17) is 21.4 Å². The number of halogens is 3. The minimum atomic E-state index is -1.42. The highest BCUT2D eigenvalue weighted by Gasteiger charge is 2.16. The Kier molecular flexibility index (Phi) is 3.66. The Morgan fingerprint density at radius 2 is 1.63 bits per heavy atom. The lowest BCUT2D eigenvalue weighted by atomic mass is 10.2. The summed E-state index contributed by atoms with van der Waals surface area (Å²) in [6.45, 7) is 0. The zero-order valence-electron chi connectivity index (χ0n) is 9.36. The van der Waals surface area contributed by atoms with E-state index in [0.717, 1.165) is 0 Å². The molecule has 0 heterocycles. The maximum absolute atomic E-state index is 13.6. The SMILES string of the molecule is O=C(O)c1cc(F)c(Oc2ccc(Cl)cc2)c(F)c1. The van der Waals surface area contributed by atoms with Crippen LogP contribution in [-0.4, -0.2) is 11.1 Å². The maximum Gasteiger partial charge on any atom is 0.335 e. The summed E-state index contributed by atoms with van der Waals surface area (Å²) in [7, 11) is 0. The van der Waals surface area contributed by atoms with Gasteiger partial charge in [0.25, 0.3) is 0 Å². The Morgan fingerprint density at radius 1 is 1.11 bits per heavy atom. The molecule has 6 heteroatoms. The van der Waals surface area contributed by atoms with Crippen molar-refractivity contribution in [3.63, 3.8) is 0 Å². The van der Waals surface area contributed by atoms with Crippen molar-refractivity contribution in [2.75, 3.05) is 0 Å². The van der Waals surface area contributed by atoms with Crippen molar-refractivity contribution in [1.82, 2.24) is 0 Å². The van der Waals surface area contributed by atoms with E-state index in [1.165, 1.54) is 24.3 Å². The first-order chi connectivity index (χ1) is 8.97.